The molecule has 6 heteroatoms. The number of nitrogens with zero attached hydrogens (tertiary/aromatic N) is 1. The van der Waals surface area contributed by atoms with E-state index in [2.05, 4.69) is 5.32 Å². The second-order valence-electron chi connectivity index (χ2n) is 4.35. The lowest BCUT2D eigenvalue weighted by molar-refractivity contribution is 0.0704. The standard InChI is InChI=1S/C12H13F2IN2O/c1-7-6-17(3-2-16-7)12(18)8-4-11(15)10(14)5-9(8)13/h4-5,7,16H,2-3,6H2,1H3/t7-/m1/s1. The summed E-state index contributed by atoms with van der Waals surface area (Å²) in [6, 6.07) is 2.21. The van der Waals surface area contributed by atoms with Crippen LogP contribution in [0.3, 0.4) is 0 Å². The van der Waals surface area contributed by atoms with Gasteiger partial charge in [-0.15, -0.1) is 0 Å². The van der Waals surface area contributed by atoms with Crippen molar-refractivity contribution in [2.45, 2.75) is 13.0 Å². The molecule has 1 aromatic rings. The topological polar surface area (TPSA) is 32.3 Å². The van der Waals surface area contributed by atoms with E-state index in [9.17, 15) is 13.6 Å². The van der Waals surface area contributed by atoms with Gasteiger partial charge >= 0.3 is 0 Å². The van der Waals surface area contributed by atoms with Gasteiger partial charge in [0.1, 0.15) is 11.6 Å². The number of benzene rings is 1. The molecule has 1 saturated heterocycles. The number of piperazine rings is 1. The molecule has 0 radical (unpaired) electrons. The van der Waals surface area contributed by atoms with Crippen molar-refractivity contribution < 1.29 is 13.6 Å². The summed E-state index contributed by atoms with van der Waals surface area (Å²) >= 11 is 1.75. The monoisotopic (exact) mass is 366 g/mol. The van der Waals surface area contributed by atoms with Crippen LogP contribution in [0.2, 0.25) is 0 Å². The molecular formula is C12H13F2IN2O. The molecule has 0 spiro atoms. The molecule has 1 N–H and O–H groups in total. The summed E-state index contributed by atoms with van der Waals surface area (Å²) in [5, 5.41) is 3.20. The van der Waals surface area contributed by atoms with Crippen molar-refractivity contribution in [1.29, 1.82) is 0 Å². The average Bonchev–Trinajstić information content (AvgIpc) is 2.33. The van der Waals surface area contributed by atoms with Crippen molar-refractivity contribution >= 4 is 28.5 Å². The third-order valence-corrected chi connectivity index (χ3v) is 3.72. The summed E-state index contributed by atoms with van der Waals surface area (Å²) in [5.41, 5.74) is -0.0603. The molecule has 0 bridgehead atoms. The van der Waals surface area contributed by atoms with E-state index in [4.69, 9.17) is 0 Å². The van der Waals surface area contributed by atoms with Crippen molar-refractivity contribution in [2.24, 2.45) is 0 Å². The molecule has 1 aliphatic heterocycles. The number of amides is 1. The molecule has 1 fully saturated rings. The first-order valence-corrected chi connectivity index (χ1v) is 6.74. The second kappa shape index (κ2) is 5.48. The normalized spacial score (nSPS) is 20.0. The number of carbonyl (C=O) groups is 1. The van der Waals surface area contributed by atoms with Gasteiger partial charge in [0, 0.05) is 35.3 Å². The van der Waals surface area contributed by atoms with E-state index in [1.807, 2.05) is 6.92 Å². The minimum Gasteiger partial charge on any atom is -0.336 e. The number of rotatable bonds is 1. The van der Waals surface area contributed by atoms with Crippen LogP contribution in [0, 0.1) is 15.2 Å². The van der Waals surface area contributed by atoms with E-state index in [1.54, 1.807) is 27.5 Å². The Balaban J connectivity index is 2.25. The molecule has 2 rings (SSSR count). The molecule has 0 unspecified atom stereocenters. The maximum atomic E-state index is 13.6. The minimum atomic E-state index is -0.802. The van der Waals surface area contributed by atoms with Crippen LogP contribution in [0.25, 0.3) is 0 Å². The van der Waals surface area contributed by atoms with Crippen molar-refractivity contribution in [1.82, 2.24) is 10.2 Å². The highest BCUT2D eigenvalue weighted by atomic mass is 127. The van der Waals surface area contributed by atoms with Crippen molar-refractivity contribution in [3.63, 3.8) is 0 Å². The van der Waals surface area contributed by atoms with Gasteiger partial charge in [-0.1, -0.05) is 0 Å². The zero-order valence-electron chi connectivity index (χ0n) is 9.84. The largest absolute Gasteiger partial charge is 0.336 e. The maximum absolute atomic E-state index is 13.6. The number of carbonyl (C=O) groups excluding carboxylic acids is 1. The Hall–Kier alpha value is -0.760. The predicted molar refractivity (Wildman–Crippen MR) is 72.4 cm³/mol. The maximum Gasteiger partial charge on any atom is 0.256 e. The molecule has 1 amide bonds. The number of halogens is 3. The zero-order valence-corrected chi connectivity index (χ0v) is 12.0. The van der Waals surface area contributed by atoms with E-state index in [-0.39, 0.29) is 21.1 Å². The lowest BCUT2D eigenvalue weighted by atomic mass is 10.1. The molecule has 98 valence electrons. The minimum absolute atomic E-state index is 0.0603. The second-order valence-corrected chi connectivity index (χ2v) is 5.51. The van der Waals surface area contributed by atoms with Gasteiger partial charge < -0.3 is 10.2 Å². The predicted octanol–water partition coefficient (Wildman–Crippen LogP) is 2.00. The van der Waals surface area contributed by atoms with Gasteiger partial charge in [0.15, 0.2) is 0 Å². The molecule has 1 atom stereocenters. The molecule has 0 aliphatic carbocycles. The van der Waals surface area contributed by atoms with Crippen LogP contribution in [0.5, 0.6) is 0 Å². The Morgan fingerprint density at radius 3 is 2.83 bits per heavy atom. The molecule has 18 heavy (non-hydrogen) atoms. The lowest BCUT2D eigenvalue weighted by Gasteiger charge is -2.32. The zero-order chi connectivity index (χ0) is 13.3. The molecule has 1 aliphatic rings. The summed E-state index contributed by atoms with van der Waals surface area (Å²) in [6.07, 6.45) is 0. The first kappa shape index (κ1) is 13.7. The van der Waals surface area contributed by atoms with Crippen LogP contribution in [0.4, 0.5) is 8.78 Å². The van der Waals surface area contributed by atoms with E-state index in [1.165, 1.54) is 6.07 Å². The van der Waals surface area contributed by atoms with E-state index in [0.29, 0.717) is 19.6 Å². The highest BCUT2D eigenvalue weighted by molar-refractivity contribution is 14.1. The Labute approximate surface area is 118 Å². The van der Waals surface area contributed by atoms with Gasteiger partial charge in [-0.3, -0.25) is 4.79 Å². The Kier molecular flexibility index (Phi) is 4.16. The van der Waals surface area contributed by atoms with Gasteiger partial charge in [0.2, 0.25) is 0 Å². The highest BCUT2D eigenvalue weighted by Gasteiger charge is 2.24. The van der Waals surface area contributed by atoms with Crippen molar-refractivity contribution in [2.75, 3.05) is 19.6 Å². The van der Waals surface area contributed by atoms with Crippen LogP contribution in [-0.4, -0.2) is 36.5 Å². The average molecular weight is 366 g/mol. The summed E-state index contributed by atoms with van der Waals surface area (Å²) < 4.78 is 27.0. The third kappa shape index (κ3) is 2.80. The van der Waals surface area contributed by atoms with Gasteiger partial charge in [0.05, 0.1) is 5.56 Å². The van der Waals surface area contributed by atoms with Crippen LogP contribution in [-0.2, 0) is 0 Å². The SMILES string of the molecule is C[C@@H]1CN(C(=O)c2cc(I)c(F)cc2F)CCN1. The Morgan fingerprint density at radius 2 is 2.17 bits per heavy atom. The Bertz CT molecular complexity index is 481. The summed E-state index contributed by atoms with van der Waals surface area (Å²) in [5.74, 6) is -1.82. The lowest BCUT2D eigenvalue weighted by Crippen LogP contribution is -2.51. The van der Waals surface area contributed by atoms with E-state index in [0.717, 1.165) is 6.07 Å². The fraction of sp³-hybridized carbons (Fsp3) is 0.417. The van der Waals surface area contributed by atoms with Gasteiger partial charge in [0.25, 0.3) is 5.91 Å². The molecule has 0 saturated carbocycles. The van der Waals surface area contributed by atoms with Crippen LogP contribution in [0.15, 0.2) is 12.1 Å². The Morgan fingerprint density at radius 1 is 1.44 bits per heavy atom. The van der Waals surface area contributed by atoms with Crippen molar-refractivity contribution in [3.8, 4) is 0 Å². The molecule has 1 heterocycles. The molecular weight excluding hydrogens is 353 g/mol. The fourth-order valence-corrected chi connectivity index (χ4v) is 2.44. The number of nitrogens with one attached hydrogen (secondary N) is 1. The summed E-state index contributed by atoms with van der Waals surface area (Å²) in [4.78, 5) is 13.8. The van der Waals surface area contributed by atoms with E-state index < -0.39 is 11.6 Å². The highest BCUT2D eigenvalue weighted by Crippen LogP contribution is 2.19. The number of hydrogen-bond donors (Lipinski definition) is 1. The smallest absolute Gasteiger partial charge is 0.256 e. The van der Waals surface area contributed by atoms with Crippen LogP contribution >= 0.6 is 22.6 Å². The third-order valence-electron chi connectivity index (χ3n) is 2.90. The molecule has 1 aromatic carbocycles. The van der Waals surface area contributed by atoms with Gasteiger partial charge in [-0.05, 0) is 35.6 Å². The summed E-state index contributed by atoms with van der Waals surface area (Å²) in [6.45, 7) is 3.72. The van der Waals surface area contributed by atoms with Crippen molar-refractivity contribution in [3.05, 3.63) is 32.9 Å². The van der Waals surface area contributed by atoms with Gasteiger partial charge in [-0.25, -0.2) is 8.78 Å². The fourth-order valence-electron chi connectivity index (χ4n) is 1.97. The molecule has 3 nitrogen and oxygen atoms in total. The van der Waals surface area contributed by atoms with E-state index >= 15 is 0 Å². The van der Waals surface area contributed by atoms with Crippen LogP contribution < -0.4 is 5.32 Å². The van der Waals surface area contributed by atoms with Gasteiger partial charge in [-0.2, -0.15) is 0 Å². The van der Waals surface area contributed by atoms with Crippen LogP contribution in [0.1, 0.15) is 17.3 Å². The summed E-state index contributed by atoms with van der Waals surface area (Å²) in [7, 11) is 0. The molecule has 0 aromatic heterocycles. The quantitative estimate of drug-likeness (QED) is 0.609. The first-order valence-electron chi connectivity index (χ1n) is 5.66. The number of hydrogen-bond acceptors (Lipinski definition) is 2. The first-order chi connectivity index (χ1) is 8.49.